The summed E-state index contributed by atoms with van der Waals surface area (Å²) >= 11 is 1.49. The Bertz CT molecular complexity index is 453. The first-order valence-electron chi connectivity index (χ1n) is 4.83. The van der Waals surface area contributed by atoms with E-state index in [0.29, 0.717) is 11.3 Å². The normalized spacial score (nSPS) is 12.1. The van der Waals surface area contributed by atoms with Crippen LogP contribution in [0.2, 0.25) is 0 Å². The minimum absolute atomic E-state index is 0.412. The summed E-state index contributed by atoms with van der Waals surface area (Å²) in [6.45, 7) is 0. The largest absolute Gasteiger partial charge is 0.378 e. The Morgan fingerprint density at radius 2 is 2.00 bits per heavy atom. The lowest BCUT2D eigenvalue weighted by Gasteiger charge is -2.10. The molecule has 1 aromatic carbocycles. The van der Waals surface area contributed by atoms with E-state index < -0.39 is 12.0 Å². The number of hydrogen-bond donors (Lipinski definition) is 2. The van der Waals surface area contributed by atoms with Gasteiger partial charge in [0.05, 0.1) is 5.69 Å². The topological polar surface area (TPSA) is 49.3 Å². The summed E-state index contributed by atoms with van der Waals surface area (Å²) in [5, 5.41) is 16.1. The fourth-order valence-electron chi connectivity index (χ4n) is 1.33. The van der Waals surface area contributed by atoms with Gasteiger partial charge in [-0.15, -0.1) is 0 Å². The van der Waals surface area contributed by atoms with Gasteiger partial charge in [0.2, 0.25) is 0 Å². The van der Waals surface area contributed by atoms with Crippen molar-refractivity contribution in [1.29, 1.82) is 0 Å². The molecule has 1 heterocycles. The molecule has 1 amide bonds. The van der Waals surface area contributed by atoms with Crippen LogP contribution in [0.3, 0.4) is 0 Å². The second-order valence-electron chi connectivity index (χ2n) is 3.31. The smallest absolute Gasteiger partial charge is 0.257 e. The van der Waals surface area contributed by atoms with Crippen LogP contribution in [0.25, 0.3) is 0 Å². The summed E-state index contributed by atoms with van der Waals surface area (Å²) in [4.78, 5) is 11.7. The maximum atomic E-state index is 11.7. The van der Waals surface area contributed by atoms with Crippen LogP contribution in [0.1, 0.15) is 11.7 Å². The molecule has 1 unspecified atom stereocenters. The summed E-state index contributed by atoms with van der Waals surface area (Å²) in [7, 11) is 0. The number of amides is 1. The monoisotopic (exact) mass is 233 g/mol. The minimum Gasteiger partial charge on any atom is -0.378 e. The molecule has 16 heavy (non-hydrogen) atoms. The van der Waals surface area contributed by atoms with E-state index in [1.54, 1.807) is 30.3 Å². The van der Waals surface area contributed by atoms with Gasteiger partial charge >= 0.3 is 0 Å². The predicted octanol–water partition coefficient (Wildman–Crippen LogP) is 2.42. The van der Waals surface area contributed by atoms with Crippen LogP contribution in [0, 0.1) is 0 Å². The molecule has 0 fully saturated rings. The number of rotatable bonds is 3. The number of nitrogens with one attached hydrogen (secondary N) is 1. The molecule has 2 N–H and O–H groups in total. The van der Waals surface area contributed by atoms with E-state index in [-0.39, 0.29) is 0 Å². The zero-order chi connectivity index (χ0) is 11.4. The van der Waals surface area contributed by atoms with Crippen LogP contribution < -0.4 is 5.32 Å². The molecule has 3 nitrogen and oxygen atoms in total. The maximum absolute atomic E-state index is 11.7. The summed E-state index contributed by atoms with van der Waals surface area (Å²) < 4.78 is 0. The molecule has 82 valence electrons. The van der Waals surface area contributed by atoms with E-state index in [9.17, 15) is 9.90 Å². The van der Waals surface area contributed by atoms with Crippen LogP contribution in [0.4, 0.5) is 5.69 Å². The highest BCUT2D eigenvalue weighted by atomic mass is 32.1. The summed E-state index contributed by atoms with van der Waals surface area (Å²) in [5.41, 5.74) is 1.31. The Labute approximate surface area is 97.4 Å². The Balaban J connectivity index is 2.05. The third-order valence-electron chi connectivity index (χ3n) is 2.15. The number of hydrogen-bond acceptors (Lipinski definition) is 3. The summed E-state index contributed by atoms with van der Waals surface area (Å²) in [5.74, 6) is -0.412. The minimum atomic E-state index is -1.12. The Morgan fingerprint density at radius 1 is 1.25 bits per heavy atom. The zero-order valence-electron chi connectivity index (χ0n) is 8.46. The standard InChI is InChI=1S/C12H11NO2S/c14-11(9-4-2-1-3-5-9)12(15)13-10-6-7-16-8-10/h1-8,11,14H,(H,13,15). The van der Waals surface area contributed by atoms with Gasteiger partial charge in [0.25, 0.3) is 5.91 Å². The Kier molecular flexibility index (Phi) is 3.34. The van der Waals surface area contributed by atoms with Gasteiger partial charge in [-0.25, -0.2) is 0 Å². The van der Waals surface area contributed by atoms with Gasteiger partial charge < -0.3 is 10.4 Å². The Hall–Kier alpha value is -1.65. The highest BCUT2D eigenvalue weighted by Crippen LogP contribution is 2.17. The van der Waals surface area contributed by atoms with Gasteiger partial charge in [-0.1, -0.05) is 30.3 Å². The van der Waals surface area contributed by atoms with E-state index >= 15 is 0 Å². The maximum Gasteiger partial charge on any atom is 0.257 e. The first-order chi connectivity index (χ1) is 7.77. The van der Waals surface area contributed by atoms with Crippen molar-refractivity contribution < 1.29 is 9.90 Å². The molecular weight excluding hydrogens is 222 g/mol. The van der Waals surface area contributed by atoms with Gasteiger partial charge in [-0.05, 0) is 17.0 Å². The highest BCUT2D eigenvalue weighted by molar-refractivity contribution is 7.08. The van der Waals surface area contributed by atoms with Crippen LogP contribution in [-0.2, 0) is 4.79 Å². The molecule has 0 aliphatic rings. The Morgan fingerprint density at radius 3 is 2.62 bits per heavy atom. The number of anilines is 1. The number of carbonyl (C=O) groups excluding carboxylic acids is 1. The quantitative estimate of drug-likeness (QED) is 0.855. The van der Waals surface area contributed by atoms with E-state index in [1.165, 1.54) is 11.3 Å². The molecule has 1 atom stereocenters. The average molecular weight is 233 g/mol. The number of thiophene rings is 1. The van der Waals surface area contributed by atoms with Crippen molar-refractivity contribution in [3.63, 3.8) is 0 Å². The lowest BCUT2D eigenvalue weighted by molar-refractivity contribution is -0.124. The van der Waals surface area contributed by atoms with Crippen molar-refractivity contribution in [2.75, 3.05) is 5.32 Å². The van der Waals surface area contributed by atoms with Crippen LogP contribution >= 0.6 is 11.3 Å². The first kappa shape index (κ1) is 10.9. The zero-order valence-corrected chi connectivity index (χ0v) is 9.28. The molecule has 1 aromatic heterocycles. The highest BCUT2D eigenvalue weighted by Gasteiger charge is 2.16. The lowest BCUT2D eigenvalue weighted by Crippen LogP contribution is -2.20. The third kappa shape index (κ3) is 2.48. The second kappa shape index (κ2) is 4.92. The van der Waals surface area contributed by atoms with Crippen LogP contribution in [0.5, 0.6) is 0 Å². The molecule has 0 aliphatic heterocycles. The van der Waals surface area contributed by atoms with E-state index in [4.69, 9.17) is 0 Å². The lowest BCUT2D eigenvalue weighted by atomic mass is 10.1. The number of aliphatic hydroxyl groups excluding tert-OH is 1. The van der Waals surface area contributed by atoms with E-state index in [0.717, 1.165) is 0 Å². The molecule has 0 saturated heterocycles. The average Bonchev–Trinajstić information content (AvgIpc) is 2.82. The van der Waals surface area contributed by atoms with Crippen LogP contribution in [0.15, 0.2) is 47.2 Å². The SMILES string of the molecule is O=C(Nc1ccsc1)C(O)c1ccccc1. The van der Waals surface area contributed by atoms with Gasteiger partial charge in [-0.3, -0.25) is 4.79 Å². The summed E-state index contributed by atoms with van der Waals surface area (Å²) in [6.07, 6.45) is -1.12. The van der Waals surface area contributed by atoms with E-state index in [1.807, 2.05) is 16.8 Å². The third-order valence-corrected chi connectivity index (χ3v) is 2.84. The molecule has 0 bridgehead atoms. The van der Waals surface area contributed by atoms with E-state index in [2.05, 4.69) is 5.32 Å². The second-order valence-corrected chi connectivity index (χ2v) is 4.09. The number of carbonyl (C=O) groups is 1. The van der Waals surface area contributed by atoms with Crippen molar-refractivity contribution >= 4 is 22.9 Å². The summed E-state index contributed by atoms with van der Waals surface area (Å²) in [6, 6.07) is 10.6. The molecule has 2 aromatic rings. The van der Waals surface area contributed by atoms with Crippen molar-refractivity contribution in [2.24, 2.45) is 0 Å². The number of benzene rings is 1. The van der Waals surface area contributed by atoms with Crippen molar-refractivity contribution in [3.05, 3.63) is 52.7 Å². The fourth-order valence-corrected chi connectivity index (χ4v) is 1.92. The number of aliphatic hydroxyl groups is 1. The molecule has 0 radical (unpaired) electrons. The van der Waals surface area contributed by atoms with Crippen molar-refractivity contribution in [2.45, 2.75) is 6.10 Å². The molecule has 4 heteroatoms. The van der Waals surface area contributed by atoms with Crippen molar-refractivity contribution in [1.82, 2.24) is 0 Å². The molecule has 0 aliphatic carbocycles. The molecular formula is C12H11NO2S. The molecule has 2 rings (SSSR count). The first-order valence-corrected chi connectivity index (χ1v) is 5.78. The predicted molar refractivity (Wildman–Crippen MR) is 64.4 cm³/mol. The van der Waals surface area contributed by atoms with Crippen LogP contribution in [-0.4, -0.2) is 11.0 Å². The van der Waals surface area contributed by atoms with Crippen molar-refractivity contribution in [3.8, 4) is 0 Å². The fraction of sp³-hybridized carbons (Fsp3) is 0.0833. The van der Waals surface area contributed by atoms with Gasteiger partial charge in [0.1, 0.15) is 0 Å². The molecule has 0 saturated carbocycles. The van der Waals surface area contributed by atoms with Gasteiger partial charge in [0.15, 0.2) is 6.10 Å². The molecule has 0 spiro atoms. The van der Waals surface area contributed by atoms with Gasteiger partial charge in [0, 0.05) is 5.38 Å². The van der Waals surface area contributed by atoms with Gasteiger partial charge in [-0.2, -0.15) is 11.3 Å².